The summed E-state index contributed by atoms with van der Waals surface area (Å²) in [5, 5.41) is 15.7. The summed E-state index contributed by atoms with van der Waals surface area (Å²) in [5.41, 5.74) is 3.35. The van der Waals surface area contributed by atoms with Crippen LogP contribution in [0.4, 0.5) is 17.1 Å². The summed E-state index contributed by atoms with van der Waals surface area (Å²) in [5.74, 6) is -0.481. The Hall–Kier alpha value is -2.97. The molecule has 0 radical (unpaired) electrons. The molecule has 1 aliphatic heterocycles. The zero-order valence-electron chi connectivity index (χ0n) is 15.8. The summed E-state index contributed by atoms with van der Waals surface area (Å²) in [4.78, 5) is 14.8. The molecule has 1 heterocycles. The number of carbonyl (C=O) groups excluding carboxylic acids is 1. The molecule has 144 valence electrons. The van der Waals surface area contributed by atoms with E-state index in [4.69, 9.17) is 11.6 Å². The summed E-state index contributed by atoms with van der Waals surface area (Å²) >= 11 is 6.07. The standard InChI is InChI=1S/C22H23ClN4O/c1-16-20(23)6-5-7-21(16)26-22(28)17(14-24)15-25-18-8-10-19(11-9-18)27-12-3-2-4-13-27/h5-11,15,25H,2-4,12-13H2,1H3,(H,26,28)/b17-15-. The van der Waals surface area contributed by atoms with Crippen molar-refractivity contribution >= 4 is 34.6 Å². The van der Waals surface area contributed by atoms with Crippen LogP contribution in [0.1, 0.15) is 24.8 Å². The lowest BCUT2D eigenvalue weighted by Gasteiger charge is -2.28. The Morgan fingerprint density at radius 3 is 2.54 bits per heavy atom. The highest BCUT2D eigenvalue weighted by Crippen LogP contribution is 2.24. The number of halogens is 1. The maximum atomic E-state index is 12.4. The second-order valence-corrected chi connectivity index (χ2v) is 7.18. The molecule has 6 heteroatoms. The van der Waals surface area contributed by atoms with Gasteiger partial charge in [-0.15, -0.1) is 0 Å². The number of hydrogen-bond acceptors (Lipinski definition) is 4. The van der Waals surface area contributed by atoms with Gasteiger partial charge in [-0.05, 0) is 68.1 Å². The van der Waals surface area contributed by atoms with Crippen LogP contribution in [0.5, 0.6) is 0 Å². The number of piperidine rings is 1. The van der Waals surface area contributed by atoms with Crippen molar-refractivity contribution in [2.45, 2.75) is 26.2 Å². The summed E-state index contributed by atoms with van der Waals surface area (Å²) in [6.07, 6.45) is 5.19. The number of benzene rings is 2. The highest BCUT2D eigenvalue weighted by Gasteiger charge is 2.12. The highest BCUT2D eigenvalue weighted by atomic mass is 35.5. The fourth-order valence-corrected chi connectivity index (χ4v) is 3.33. The van der Waals surface area contributed by atoms with Gasteiger partial charge in [0, 0.05) is 41.4 Å². The van der Waals surface area contributed by atoms with Crippen molar-refractivity contribution in [3.8, 4) is 6.07 Å². The molecular weight excluding hydrogens is 372 g/mol. The molecule has 2 aromatic carbocycles. The largest absolute Gasteiger partial charge is 0.372 e. The molecule has 0 saturated carbocycles. The predicted molar refractivity (Wildman–Crippen MR) is 115 cm³/mol. The minimum Gasteiger partial charge on any atom is -0.372 e. The summed E-state index contributed by atoms with van der Waals surface area (Å²) < 4.78 is 0. The van der Waals surface area contributed by atoms with Gasteiger partial charge in [-0.3, -0.25) is 4.79 Å². The average molecular weight is 395 g/mol. The van der Waals surface area contributed by atoms with Gasteiger partial charge in [0.25, 0.3) is 5.91 Å². The molecule has 0 aliphatic carbocycles. The Balaban J connectivity index is 1.65. The van der Waals surface area contributed by atoms with Crippen LogP contribution in [-0.4, -0.2) is 19.0 Å². The van der Waals surface area contributed by atoms with Gasteiger partial charge in [-0.1, -0.05) is 17.7 Å². The van der Waals surface area contributed by atoms with E-state index in [2.05, 4.69) is 27.7 Å². The van der Waals surface area contributed by atoms with E-state index in [9.17, 15) is 10.1 Å². The van der Waals surface area contributed by atoms with Crippen LogP contribution in [0.15, 0.2) is 54.2 Å². The van der Waals surface area contributed by atoms with E-state index >= 15 is 0 Å². The smallest absolute Gasteiger partial charge is 0.267 e. The van der Waals surface area contributed by atoms with Crippen LogP contribution < -0.4 is 15.5 Å². The first-order valence-electron chi connectivity index (χ1n) is 9.37. The molecule has 1 amide bonds. The first-order valence-corrected chi connectivity index (χ1v) is 9.74. The summed E-state index contributed by atoms with van der Waals surface area (Å²) in [6, 6.07) is 15.2. The topological polar surface area (TPSA) is 68.2 Å². The van der Waals surface area contributed by atoms with Crippen LogP contribution in [0.3, 0.4) is 0 Å². The number of hydrogen-bond donors (Lipinski definition) is 2. The molecule has 0 unspecified atom stereocenters. The highest BCUT2D eigenvalue weighted by molar-refractivity contribution is 6.31. The van der Waals surface area contributed by atoms with E-state index in [1.807, 2.05) is 25.1 Å². The van der Waals surface area contributed by atoms with E-state index in [0.717, 1.165) is 24.3 Å². The molecule has 1 saturated heterocycles. The van der Waals surface area contributed by atoms with Gasteiger partial charge in [0.2, 0.25) is 0 Å². The predicted octanol–water partition coefficient (Wildman–Crippen LogP) is 5.10. The molecule has 28 heavy (non-hydrogen) atoms. The van der Waals surface area contributed by atoms with Crippen molar-refractivity contribution in [3.05, 3.63) is 64.8 Å². The third-order valence-electron chi connectivity index (χ3n) is 4.85. The Morgan fingerprint density at radius 1 is 1.14 bits per heavy atom. The van der Waals surface area contributed by atoms with E-state index in [1.54, 1.807) is 18.2 Å². The lowest BCUT2D eigenvalue weighted by atomic mass is 10.1. The third-order valence-corrected chi connectivity index (χ3v) is 5.26. The van der Waals surface area contributed by atoms with Crippen molar-refractivity contribution < 1.29 is 4.79 Å². The fraction of sp³-hybridized carbons (Fsp3) is 0.273. The number of amides is 1. The van der Waals surface area contributed by atoms with Gasteiger partial charge < -0.3 is 15.5 Å². The lowest BCUT2D eigenvalue weighted by molar-refractivity contribution is -0.112. The number of nitrogens with one attached hydrogen (secondary N) is 2. The Labute approximate surface area is 170 Å². The van der Waals surface area contributed by atoms with Crippen molar-refractivity contribution in [1.82, 2.24) is 0 Å². The van der Waals surface area contributed by atoms with E-state index in [-0.39, 0.29) is 5.57 Å². The second-order valence-electron chi connectivity index (χ2n) is 6.78. The van der Waals surface area contributed by atoms with Gasteiger partial charge in [0.05, 0.1) is 0 Å². The van der Waals surface area contributed by atoms with Gasteiger partial charge in [-0.2, -0.15) is 5.26 Å². The van der Waals surface area contributed by atoms with Crippen LogP contribution in [0, 0.1) is 18.3 Å². The van der Waals surface area contributed by atoms with Gasteiger partial charge in [-0.25, -0.2) is 0 Å². The number of nitrogens with zero attached hydrogens (tertiary/aromatic N) is 2. The van der Waals surface area contributed by atoms with Gasteiger partial charge in [0.1, 0.15) is 11.6 Å². The molecule has 1 aliphatic rings. The van der Waals surface area contributed by atoms with Gasteiger partial charge >= 0.3 is 0 Å². The lowest BCUT2D eigenvalue weighted by Crippen LogP contribution is -2.29. The molecule has 2 N–H and O–H groups in total. The number of anilines is 3. The van der Waals surface area contributed by atoms with E-state index in [0.29, 0.717) is 10.7 Å². The average Bonchev–Trinajstić information content (AvgIpc) is 2.73. The normalized spacial score (nSPS) is 14.3. The zero-order chi connectivity index (χ0) is 19.9. The minimum atomic E-state index is -0.481. The Bertz CT molecular complexity index is 909. The molecular formula is C22H23ClN4O. The maximum Gasteiger partial charge on any atom is 0.267 e. The molecule has 0 atom stereocenters. The number of nitriles is 1. The molecule has 1 fully saturated rings. The first kappa shape index (κ1) is 19.8. The van der Waals surface area contributed by atoms with Crippen LogP contribution in [-0.2, 0) is 4.79 Å². The number of rotatable bonds is 5. The quantitative estimate of drug-likeness (QED) is 0.547. The fourth-order valence-electron chi connectivity index (χ4n) is 3.16. The van der Waals surface area contributed by atoms with Crippen LogP contribution >= 0.6 is 11.6 Å². The van der Waals surface area contributed by atoms with Crippen molar-refractivity contribution in [3.63, 3.8) is 0 Å². The Morgan fingerprint density at radius 2 is 1.86 bits per heavy atom. The SMILES string of the molecule is Cc1c(Cl)cccc1NC(=O)/C(C#N)=C\Nc1ccc(N2CCCCC2)cc1. The molecule has 0 spiro atoms. The van der Waals surface area contributed by atoms with Gasteiger partial charge in [0.15, 0.2) is 0 Å². The molecule has 0 aromatic heterocycles. The Kier molecular flexibility index (Phi) is 6.57. The van der Waals surface area contributed by atoms with E-state index < -0.39 is 5.91 Å². The van der Waals surface area contributed by atoms with E-state index in [1.165, 1.54) is 31.1 Å². The number of carbonyl (C=O) groups is 1. The minimum absolute atomic E-state index is 0.0144. The van der Waals surface area contributed by atoms with Crippen molar-refractivity contribution in [1.29, 1.82) is 5.26 Å². The second kappa shape index (κ2) is 9.29. The van der Waals surface area contributed by atoms with Crippen LogP contribution in [0.2, 0.25) is 5.02 Å². The summed E-state index contributed by atoms with van der Waals surface area (Å²) in [7, 11) is 0. The zero-order valence-corrected chi connectivity index (χ0v) is 16.6. The maximum absolute atomic E-state index is 12.4. The monoisotopic (exact) mass is 394 g/mol. The molecule has 0 bridgehead atoms. The van der Waals surface area contributed by atoms with Crippen LogP contribution in [0.25, 0.3) is 0 Å². The van der Waals surface area contributed by atoms with Crippen molar-refractivity contribution in [2.24, 2.45) is 0 Å². The molecule has 2 aromatic rings. The molecule has 5 nitrogen and oxygen atoms in total. The van der Waals surface area contributed by atoms with Crippen molar-refractivity contribution in [2.75, 3.05) is 28.6 Å². The third kappa shape index (κ3) is 4.85. The summed E-state index contributed by atoms with van der Waals surface area (Å²) in [6.45, 7) is 4.00. The molecule has 3 rings (SSSR count). The first-order chi connectivity index (χ1) is 13.6.